The smallest absolute Gasteiger partial charge is 0.409 e. The molecule has 0 spiro atoms. The van der Waals surface area contributed by atoms with Gasteiger partial charge >= 0.3 is 8.60 Å². The molecule has 27 heavy (non-hydrogen) atoms. The van der Waals surface area contributed by atoms with Crippen LogP contribution in [0.15, 0.2) is 72.8 Å². The highest BCUT2D eigenvalue weighted by Crippen LogP contribution is 2.42. The van der Waals surface area contributed by atoms with Crippen LogP contribution in [0.5, 0.6) is 17.2 Å². The Hall–Kier alpha value is -2.72. The lowest BCUT2D eigenvalue weighted by molar-refractivity contribution is 0.387. The standard InChI is InChI=1S/C18H12F3O3P.C2H6/c19-13-1-7-16(8-2-13)22-25(23-17-9-3-14(20)4-10-17)24-18-11-5-15(21)6-12-18;1-2/h1-12H;1-2H3. The molecule has 0 amide bonds. The molecule has 3 rings (SSSR count). The summed E-state index contributed by atoms with van der Waals surface area (Å²) in [6.45, 7) is 4.00. The Morgan fingerprint density at radius 3 is 0.926 bits per heavy atom. The van der Waals surface area contributed by atoms with Gasteiger partial charge in [-0.3, -0.25) is 0 Å². The van der Waals surface area contributed by atoms with Crippen molar-refractivity contribution in [2.24, 2.45) is 0 Å². The fourth-order valence-corrected chi connectivity index (χ4v) is 2.79. The van der Waals surface area contributed by atoms with Crippen molar-refractivity contribution in [2.45, 2.75) is 13.8 Å². The summed E-state index contributed by atoms with van der Waals surface area (Å²) < 4.78 is 55.8. The van der Waals surface area contributed by atoms with Crippen molar-refractivity contribution in [2.75, 3.05) is 0 Å². The van der Waals surface area contributed by atoms with E-state index in [-0.39, 0.29) is 0 Å². The van der Waals surface area contributed by atoms with Gasteiger partial charge < -0.3 is 13.6 Å². The summed E-state index contributed by atoms with van der Waals surface area (Å²) in [6, 6.07) is 15.9. The average molecular weight is 394 g/mol. The van der Waals surface area contributed by atoms with Gasteiger partial charge in [-0.25, -0.2) is 13.2 Å². The Kier molecular flexibility index (Phi) is 7.96. The molecule has 0 saturated heterocycles. The maximum Gasteiger partial charge on any atom is 0.530 e. The van der Waals surface area contributed by atoms with Crippen LogP contribution in [0.1, 0.15) is 13.8 Å². The van der Waals surface area contributed by atoms with Crippen LogP contribution >= 0.6 is 8.60 Å². The fourth-order valence-electron chi connectivity index (χ4n) is 1.80. The van der Waals surface area contributed by atoms with Crippen LogP contribution in [0.2, 0.25) is 0 Å². The SMILES string of the molecule is CC.Fc1ccc(OP(Oc2ccc(F)cc2)Oc2ccc(F)cc2)cc1. The average Bonchev–Trinajstić information content (AvgIpc) is 2.69. The number of hydrogen-bond acceptors (Lipinski definition) is 3. The molecule has 0 aromatic heterocycles. The number of halogens is 3. The highest BCUT2D eigenvalue weighted by Gasteiger charge is 2.20. The molecule has 0 aliphatic carbocycles. The summed E-state index contributed by atoms with van der Waals surface area (Å²) >= 11 is 0. The fraction of sp³-hybridized carbons (Fsp3) is 0.100. The van der Waals surface area contributed by atoms with Gasteiger partial charge in [0.05, 0.1) is 0 Å². The molecule has 0 saturated carbocycles. The third-order valence-electron chi connectivity index (χ3n) is 2.98. The van der Waals surface area contributed by atoms with Gasteiger partial charge in [-0.15, -0.1) is 0 Å². The van der Waals surface area contributed by atoms with Crippen LogP contribution in [-0.2, 0) is 0 Å². The predicted molar refractivity (Wildman–Crippen MR) is 99.4 cm³/mol. The normalized spacial score (nSPS) is 10.0. The van der Waals surface area contributed by atoms with Gasteiger partial charge in [0.2, 0.25) is 0 Å². The minimum atomic E-state index is -1.99. The lowest BCUT2D eigenvalue weighted by atomic mass is 10.3. The van der Waals surface area contributed by atoms with Crippen molar-refractivity contribution in [3.63, 3.8) is 0 Å². The Bertz CT molecular complexity index is 696. The van der Waals surface area contributed by atoms with Gasteiger partial charge in [0.15, 0.2) is 0 Å². The van der Waals surface area contributed by atoms with Crippen molar-refractivity contribution >= 4 is 8.60 Å². The quantitative estimate of drug-likeness (QED) is 0.426. The second-order valence-corrected chi connectivity index (χ2v) is 5.85. The van der Waals surface area contributed by atoms with Gasteiger partial charge in [0.25, 0.3) is 0 Å². The molecule has 0 bridgehead atoms. The first kappa shape index (κ1) is 20.6. The van der Waals surface area contributed by atoms with Gasteiger partial charge in [0.1, 0.15) is 34.7 Å². The van der Waals surface area contributed by atoms with E-state index in [1.807, 2.05) is 13.8 Å². The van der Waals surface area contributed by atoms with Gasteiger partial charge in [-0.1, -0.05) is 13.8 Å². The highest BCUT2D eigenvalue weighted by molar-refractivity contribution is 7.43. The van der Waals surface area contributed by atoms with E-state index in [2.05, 4.69) is 0 Å². The zero-order valence-corrected chi connectivity index (χ0v) is 15.6. The molecule has 0 atom stereocenters. The van der Waals surface area contributed by atoms with Crippen LogP contribution in [0.25, 0.3) is 0 Å². The molecule has 0 N–H and O–H groups in total. The lowest BCUT2D eigenvalue weighted by Gasteiger charge is -2.18. The third-order valence-corrected chi connectivity index (χ3v) is 4.06. The molecule has 3 nitrogen and oxygen atoms in total. The van der Waals surface area contributed by atoms with E-state index in [0.717, 1.165) is 0 Å². The third kappa shape index (κ3) is 6.83. The molecular formula is C20H18F3O3P. The zero-order chi connectivity index (χ0) is 19.6. The van der Waals surface area contributed by atoms with Crippen LogP contribution in [-0.4, -0.2) is 0 Å². The molecule has 0 unspecified atom stereocenters. The topological polar surface area (TPSA) is 27.7 Å². The Morgan fingerprint density at radius 2 is 0.704 bits per heavy atom. The second-order valence-electron chi connectivity index (χ2n) is 4.86. The molecule has 0 heterocycles. The van der Waals surface area contributed by atoms with Crippen molar-refractivity contribution in [3.8, 4) is 17.2 Å². The van der Waals surface area contributed by atoms with Crippen molar-refractivity contribution in [1.29, 1.82) is 0 Å². The van der Waals surface area contributed by atoms with E-state index in [4.69, 9.17) is 13.6 Å². The number of rotatable bonds is 6. The highest BCUT2D eigenvalue weighted by atomic mass is 31.2. The number of hydrogen-bond donors (Lipinski definition) is 0. The zero-order valence-electron chi connectivity index (χ0n) is 14.7. The summed E-state index contributed by atoms with van der Waals surface area (Å²) in [4.78, 5) is 0. The van der Waals surface area contributed by atoms with Crippen LogP contribution in [0, 0.1) is 17.5 Å². The molecular weight excluding hydrogens is 376 g/mol. The summed E-state index contributed by atoms with van der Waals surface area (Å²) in [7, 11) is -1.99. The first-order valence-corrected chi connectivity index (χ1v) is 9.29. The van der Waals surface area contributed by atoms with Crippen LogP contribution < -0.4 is 13.6 Å². The predicted octanol–water partition coefficient (Wildman–Crippen LogP) is 6.89. The molecule has 0 aliphatic rings. The maximum atomic E-state index is 13.0. The van der Waals surface area contributed by atoms with Crippen LogP contribution in [0.4, 0.5) is 13.2 Å². The molecule has 0 aliphatic heterocycles. The summed E-state index contributed by atoms with van der Waals surface area (Å²) in [6.07, 6.45) is 0. The van der Waals surface area contributed by atoms with E-state index in [1.165, 1.54) is 72.8 Å². The largest absolute Gasteiger partial charge is 0.530 e. The van der Waals surface area contributed by atoms with E-state index in [9.17, 15) is 13.2 Å². The van der Waals surface area contributed by atoms with E-state index >= 15 is 0 Å². The van der Waals surface area contributed by atoms with Crippen molar-refractivity contribution in [1.82, 2.24) is 0 Å². The maximum absolute atomic E-state index is 13.0. The first-order chi connectivity index (χ1) is 13.1. The van der Waals surface area contributed by atoms with E-state index in [0.29, 0.717) is 17.2 Å². The summed E-state index contributed by atoms with van der Waals surface area (Å²) in [5, 5.41) is 0. The number of benzene rings is 3. The monoisotopic (exact) mass is 394 g/mol. The van der Waals surface area contributed by atoms with Crippen LogP contribution in [0.3, 0.4) is 0 Å². The minimum Gasteiger partial charge on any atom is -0.409 e. The first-order valence-electron chi connectivity index (χ1n) is 8.19. The summed E-state index contributed by atoms with van der Waals surface area (Å²) in [5.41, 5.74) is 0. The Balaban J connectivity index is 0.00000126. The molecule has 0 fully saturated rings. The molecule has 3 aromatic rings. The van der Waals surface area contributed by atoms with Gasteiger partial charge in [-0.05, 0) is 72.8 Å². The second kappa shape index (κ2) is 10.4. The van der Waals surface area contributed by atoms with Gasteiger partial charge in [0, 0.05) is 0 Å². The van der Waals surface area contributed by atoms with E-state index < -0.39 is 26.1 Å². The van der Waals surface area contributed by atoms with E-state index in [1.54, 1.807) is 0 Å². The Morgan fingerprint density at radius 1 is 0.481 bits per heavy atom. The molecule has 7 heteroatoms. The van der Waals surface area contributed by atoms with Gasteiger partial charge in [-0.2, -0.15) is 0 Å². The Labute approximate surface area is 157 Å². The molecule has 0 radical (unpaired) electrons. The van der Waals surface area contributed by atoms with Crippen molar-refractivity contribution in [3.05, 3.63) is 90.2 Å². The molecule has 142 valence electrons. The minimum absolute atomic E-state index is 0.330. The summed E-state index contributed by atoms with van der Waals surface area (Å²) in [5.74, 6) is -0.230. The van der Waals surface area contributed by atoms with Crippen molar-refractivity contribution < 1.29 is 26.7 Å². The lowest BCUT2D eigenvalue weighted by Crippen LogP contribution is -2.02. The molecule has 3 aromatic carbocycles.